The van der Waals surface area contributed by atoms with E-state index >= 15 is 0 Å². The van der Waals surface area contributed by atoms with E-state index in [4.69, 9.17) is 4.74 Å². The number of hydrogen-bond donors (Lipinski definition) is 1. The zero-order valence-corrected chi connectivity index (χ0v) is 13.3. The van der Waals surface area contributed by atoms with Crippen molar-refractivity contribution < 1.29 is 13.9 Å². The van der Waals surface area contributed by atoms with Gasteiger partial charge in [-0.1, -0.05) is 18.2 Å². The standard InChI is InChI=1S/C18H20FN3O2/c19-15-6-4-14(5-7-15)13-24-16-8-11-22(12-9-16)18(23)21-17-3-1-2-10-20-17/h1-7,10,16H,8-9,11-13H2,(H,20,21,23). The number of piperidine rings is 1. The van der Waals surface area contributed by atoms with Gasteiger partial charge in [-0.2, -0.15) is 0 Å². The fourth-order valence-electron chi connectivity index (χ4n) is 2.65. The van der Waals surface area contributed by atoms with E-state index in [1.807, 2.05) is 6.07 Å². The number of aromatic nitrogens is 1. The molecule has 6 heteroatoms. The summed E-state index contributed by atoms with van der Waals surface area (Å²) in [6, 6.07) is 11.6. The molecule has 1 aromatic carbocycles. The number of halogens is 1. The van der Waals surface area contributed by atoms with Crippen molar-refractivity contribution in [3.05, 3.63) is 60.0 Å². The third-order valence-electron chi connectivity index (χ3n) is 4.03. The fraction of sp³-hybridized carbons (Fsp3) is 0.333. The summed E-state index contributed by atoms with van der Waals surface area (Å²) >= 11 is 0. The average Bonchev–Trinajstić information content (AvgIpc) is 2.62. The predicted octanol–water partition coefficient (Wildman–Crippen LogP) is 3.43. The van der Waals surface area contributed by atoms with Gasteiger partial charge in [-0.25, -0.2) is 14.2 Å². The first-order valence-corrected chi connectivity index (χ1v) is 8.04. The Morgan fingerprint density at radius 2 is 1.96 bits per heavy atom. The predicted molar refractivity (Wildman–Crippen MR) is 89.0 cm³/mol. The van der Waals surface area contributed by atoms with E-state index in [9.17, 15) is 9.18 Å². The molecule has 2 heterocycles. The number of amides is 2. The molecule has 1 N–H and O–H groups in total. The number of likely N-dealkylation sites (tertiary alicyclic amines) is 1. The van der Waals surface area contributed by atoms with Crippen LogP contribution in [0.4, 0.5) is 15.0 Å². The highest BCUT2D eigenvalue weighted by Crippen LogP contribution is 2.17. The molecule has 1 saturated heterocycles. The van der Waals surface area contributed by atoms with Crippen LogP contribution in [-0.2, 0) is 11.3 Å². The molecule has 3 rings (SSSR count). The maximum Gasteiger partial charge on any atom is 0.323 e. The summed E-state index contributed by atoms with van der Waals surface area (Å²) in [7, 11) is 0. The molecule has 1 aliphatic heterocycles. The lowest BCUT2D eigenvalue weighted by atomic mass is 10.1. The minimum Gasteiger partial charge on any atom is -0.373 e. The van der Waals surface area contributed by atoms with Crippen molar-refractivity contribution in [1.29, 1.82) is 0 Å². The monoisotopic (exact) mass is 329 g/mol. The number of carbonyl (C=O) groups is 1. The van der Waals surface area contributed by atoms with Gasteiger partial charge in [0.1, 0.15) is 11.6 Å². The first kappa shape index (κ1) is 16.4. The summed E-state index contributed by atoms with van der Waals surface area (Å²) < 4.78 is 18.7. The molecule has 5 nitrogen and oxygen atoms in total. The zero-order chi connectivity index (χ0) is 16.8. The minimum absolute atomic E-state index is 0.119. The third-order valence-corrected chi connectivity index (χ3v) is 4.03. The molecule has 126 valence electrons. The van der Waals surface area contributed by atoms with E-state index in [0.29, 0.717) is 25.5 Å². The van der Waals surface area contributed by atoms with Gasteiger partial charge in [0, 0.05) is 19.3 Å². The molecule has 2 amide bonds. The number of anilines is 1. The van der Waals surface area contributed by atoms with Crippen molar-refractivity contribution in [2.75, 3.05) is 18.4 Å². The second-order valence-corrected chi connectivity index (χ2v) is 5.77. The number of pyridine rings is 1. The van der Waals surface area contributed by atoms with Crippen LogP contribution in [0, 0.1) is 5.82 Å². The third kappa shape index (κ3) is 4.52. The van der Waals surface area contributed by atoms with E-state index in [-0.39, 0.29) is 18.0 Å². The van der Waals surface area contributed by atoms with Gasteiger partial charge in [0.15, 0.2) is 0 Å². The highest BCUT2D eigenvalue weighted by Gasteiger charge is 2.23. The minimum atomic E-state index is -0.244. The number of ether oxygens (including phenoxy) is 1. The summed E-state index contributed by atoms with van der Waals surface area (Å²) in [5, 5.41) is 2.79. The van der Waals surface area contributed by atoms with Crippen molar-refractivity contribution in [2.45, 2.75) is 25.6 Å². The molecule has 0 radical (unpaired) electrons. The Morgan fingerprint density at radius 3 is 2.62 bits per heavy atom. The highest BCUT2D eigenvalue weighted by molar-refractivity contribution is 5.88. The fourth-order valence-corrected chi connectivity index (χ4v) is 2.65. The summed E-state index contributed by atoms with van der Waals surface area (Å²) in [5.74, 6) is 0.308. The quantitative estimate of drug-likeness (QED) is 0.935. The van der Waals surface area contributed by atoms with Crippen LogP contribution in [0.15, 0.2) is 48.7 Å². The molecule has 0 aliphatic carbocycles. The normalized spacial score (nSPS) is 15.3. The molecule has 0 bridgehead atoms. The van der Waals surface area contributed by atoms with Crippen LogP contribution in [0.2, 0.25) is 0 Å². The van der Waals surface area contributed by atoms with Crippen LogP contribution in [0.25, 0.3) is 0 Å². The van der Waals surface area contributed by atoms with Crippen molar-refractivity contribution >= 4 is 11.8 Å². The van der Waals surface area contributed by atoms with E-state index in [2.05, 4.69) is 10.3 Å². The smallest absolute Gasteiger partial charge is 0.323 e. The van der Waals surface area contributed by atoms with Crippen molar-refractivity contribution in [1.82, 2.24) is 9.88 Å². The second kappa shape index (κ2) is 7.88. The lowest BCUT2D eigenvalue weighted by Gasteiger charge is -2.31. The number of hydrogen-bond acceptors (Lipinski definition) is 3. The molecule has 0 spiro atoms. The molecule has 0 saturated carbocycles. The number of carbonyl (C=O) groups excluding carboxylic acids is 1. The maximum atomic E-state index is 12.9. The largest absolute Gasteiger partial charge is 0.373 e. The number of nitrogens with one attached hydrogen (secondary N) is 1. The molecule has 0 atom stereocenters. The molecular formula is C18H20FN3O2. The summed E-state index contributed by atoms with van der Waals surface area (Å²) in [6.07, 6.45) is 3.34. The Bertz CT molecular complexity index is 656. The summed E-state index contributed by atoms with van der Waals surface area (Å²) in [6.45, 7) is 1.75. The average molecular weight is 329 g/mol. The van der Waals surface area contributed by atoms with E-state index in [1.54, 1.807) is 35.4 Å². The first-order chi connectivity index (χ1) is 11.7. The van der Waals surface area contributed by atoms with Crippen molar-refractivity contribution in [3.63, 3.8) is 0 Å². The summed E-state index contributed by atoms with van der Waals surface area (Å²) in [5.41, 5.74) is 0.951. The van der Waals surface area contributed by atoms with Gasteiger partial charge in [0.05, 0.1) is 12.7 Å². The topological polar surface area (TPSA) is 54.5 Å². The van der Waals surface area contributed by atoms with Gasteiger partial charge in [0.25, 0.3) is 0 Å². The van der Waals surface area contributed by atoms with Crippen LogP contribution in [0.3, 0.4) is 0 Å². The first-order valence-electron chi connectivity index (χ1n) is 8.04. The SMILES string of the molecule is O=C(Nc1ccccn1)N1CCC(OCc2ccc(F)cc2)CC1. The number of nitrogens with zero attached hydrogens (tertiary/aromatic N) is 2. The van der Waals surface area contributed by atoms with Gasteiger partial charge in [0.2, 0.25) is 0 Å². The Labute approximate surface area is 140 Å². The molecule has 1 aliphatic rings. The van der Waals surface area contributed by atoms with E-state index in [1.165, 1.54) is 12.1 Å². The van der Waals surface area contributed by atoms with Gasteiger partial charge in [-0.05, 0) is 42.7 Å². The number of rotatable bonds is 4. The molecule has 0 unspecified atom stereocenters. The van der Waals surface area contributed by atoms with Crippen LogP contribution in [0.5, 0.6) is 0 Å². The Balaban J connectivity index is 1.42. The Hall–Kier alpha value is -2.47. The van der Waals surface area contributed by atoms with Crippen LogP contribution >= 0.6 is 0 Å². The lowest BCUT2D eigenvalue weighted by Crippen LogP contribution is -2.43. The molecule has 2 aromatic rings. The Kier molecular flexibility index (Phi) is 5.38. The van der Waals surface area contributed by atoms with Crippen molar-refractivity contribution in [2.24, 2.45) is 0 Å². The van der Waals surface area contributed by atoms with Crippen LogP contribution < -0.4 is 5.32 Å². The molecule has 24 heavy (non-hydrogen) atoms. The van der Waals surface area contributed by atoms with Gasteiger partial charge >= 0.3 is 6.03 Å². The molecule has 1 aromatic heterocycles. The molecular weight excluding hydrogens is 309 g/mol. The van der Waals surface area contributed by atoms with E-state index in [0.717, 1.165) is 18.4 Å². The summed E-state index contributed by atoms with van der Waals surface area (Å²) in [4.78, 5) is 18.0. The van der Waals surface area contributed by atoms with Gasteiger partial charge < -0.3 is 9.64 Å². The second-order valence-electron chi connectivity index (χ2n) is 5.77. The van der Waals surface area contributed by atoms with Crippen LogP contribution in [-0.4, -0.2) is 35.1 Å². The number of urea groups is 1. The zero-order valence-electron chi connectivity index (χ0n) is 13.3. The maximum absolute atomic E-state index is 12.9. The number of benzene rings is 1. The molecule has 1 fully saturated rings. The Morgan fingerprint density at radius 1 is 1.21 bits per heavy atom. The lowest BCUT2D eigenvalue weighted by molar-refractivity contribution is 0.00538. The highest BCUT2D eigenvalue weighted by atomic mass is 19.1. The van der Waals surface area contributed by atoms with E-state index < -0.39 is 0 Å². The van der Waals surface area contributed by atoms with Crippen molar-refractivity contribution in [3.8, 4) is 0 Å². The van der Waals surface area contributed by atoms with Gasteiger partial charge in [-0.3, -0.25) is 5.32 Å². The van der Waals surface area contributed by atoms with Crippen LogP contribution in [0.1, 0.15) is 18.4 Å². The van der Waals surface area contributed by atoms with Gasteiger partial charge in [-0.15, -0.1) is 0 Å².